The number of Topliss-reactive ketones (excluding diaryl/α,β-unsaturated/α-hetero) is 2. The number of allylic oxidation sites excluding steroid dienone is 22. The molecule has 0 saturated carbocycles. The zero-order chi connectivity index (χ0) is 46.5. The van der Waals surface area contributed by atoms with Crippen molar-refractivity contribution in [3.8, 4) is 0 Å². The SMILES string of the molecule is COC1=C(N)C(=O)C(C)=C(C/C=C(\C)CC/C=C(\C)CC/C=C(\C)CC/C=C(\C)CC/C=C(\C)CC/C=C(\C)CC/C=C(\C)CC/C=C(\C)CC/C=C(\C)CCC=C(C)C)C1=O. The lowest BCUT2D eigenvalue weighted by Crippen LogP contribution is -2.28. The summed E-state index contributed by atoms with van der Waals surface area (Å²) in [5.41, 5.74) is 21.1. The molecule has 4 heteroatoms. The minimum atomic E-state index is -0.318. The normalized spacial score (nSPS) is 16.0. The van der Waals surface area contributed by atoms with Crippen molar-refractivity contribution in [1.82, 2.24) is 0 Å². The van der Waals surface area contributed by atoms with E-state index in [2.05, 4.69) is 131 Å². The van der Waals surface area contributed by atoms with E-state index in [1.165, 1.54) is 82.1 Å². The summed E-state index contributed by atoms with van der Waals surface area (Å²) in [5, 5.41) is 0. The van der Waals surface area contributed by atoms with Gasteiger partial charge in [0.25, 0.3) is 0 Å². The Hall–Kier alpha value is -4.18. The third-order valence-corrected chi connectivity index (χ3v) is 12.0. The van der Waals surface area contributed by atoms with E-state index < -0.39 is 0 Å². The molecule has 0 aromatic rings. The first kappa shape index (κ1) is 55.8. The molecule has 344 valence electrons. The highest BCUT2D eigenvalue weighted by molar-refractivity contribution is 6.23. The molecule has 0 spiro atoms. The van der Waals surface area contributed by atoms with Crippen molar-refractivity contribution in [1.29, 1.82) is 0 Å². The fraction of sp³-hybridized carbons (Fsp3) is 0.552. The standard InChI is InChI=1S/C58H89NO3/c1-43(2)23-14-24-44(3)25-15-26-45(4)27-16-28-46(5)29-17-30-47(6)31-18-32-48(7)33-19-34-49(8)35-20-36-50(9)37-21-38-51(10)39-22-40-52(11)41-42-54-53(12)56(60)55(59)58(62-13)57(54)61/h23,25,27,29,31,33,35,37,39,41H,14-22,24,26,28,30,32,34,36,38,40,42,59H2,1-13H3/b44-25+,45-27+,46-29+,47-31+,48-33+,49-35+,50-37+,51-39+,52-41+. The first-order valence-electron chi connectivity index (χ1n) is 23.8. The van der Waals surface area contributed by atoms with Crippen molar-refractivity contribution in [2.24, 2.45) is 5.73 Å². The van der Waals surface area contributed by atoms with Gasteiger partial charge in [0.15, 0.2) is 5.76 Å². The van der Waals surface area contributed by atoms with Crippen LogP contribution < -0.4 is 5.73 Å². The lowest BCUT2D eigenvalue weighted by molar-refractivity contribution is -0.118. The van der Waals surface area contributed by atoms with E-state index in [1.54, 1.807) is 6.92 Å². The number of carbonyl (C=O) groups excluding carboxylic acids is 2. The van der Waals surface area contributed by atoms with Gasteiger partial charge in [0, 0.05) is 11.1 Å². The van der Waals surface area contributed by atoms with Gasteiger partial charge in [-0.25, -0.2) is 0 Å². The molecule has 0 bridgehead atoms. The number of methoxy groups -OCH3 is 1. The molecule has 0 radical (unpaired) electrons. The number of ketones is 2. The number of hydrogen-bond donors (Lipinski definition) is 1. The summed E-state index contributed by atoms with van der Waals surface area (Å²) in [6, 6.07) is 0. The average Bonchev–Trinajstić information content (AvgIpc) is 3.20. The van der Waals surface area contributed by atoms with Crippen molar-refractivity contribution >= 4 is 11.6 Å². The van der Waals surface area contributed by atoms with E-state index in [0.29, 0.717) is 17.6 Å². The zero-order valence-electron chi connectivity index (χ0n) is 42.0. The molecule has 0 aliphatic heterocycles. The molecule has 1 rings (SSSR count). The van der Waals surface area contributed by atoms with Crippen LogP contribution in [0.3, 0.4) is 0 Å². The Morgan fingerprint density at radius 1 is 0.403 bits per heavy atom. The smallest absolute Gasteiger partial charge is 0.226 e. The summed E-state index contributed by atoms with van der Waals surface area (Å²) < 4.78 is 5.11. The lowest BCUT2D eigenvalue weighted by atomic mass is 9.90. The second-order valence-electron chi connectivity index (χ2n) is 18.5. The van der Waals surface area contributed by atoms with Crippen LogP contribution in [0.2, 0.25) is 0 Å². The van der Waals surface area contributed by atoms with Crippen LogP contribution in [0, 0.1) is 0 Å². The minimum Gasteiger partial charge on any atom is -0.491 e. The fourth-order valence-corrected chi connectivity index (χ4v) is 7.47. The molecule has 0 heterocycles. The first-order valence-corrected chi connectivity index (χ1v) is 23.8. The lowest BCUT2D eigenvalue weighted by Gasteiger charge is -2.18. The number of carbonyl (C=O) groups is 2. The number of nitrogens with two attached hydrogens (primary N) is 1. The Labute approximate surface area is 381 Å². The number of rotatable bonds is 30. The largest absolute Gasteiger partial charge is 0.491 e. The summed E-state index contributed by atoms with van der Waals surface area (Å²) in [6.45, 7) is 26.3. The molecule has 0 fully saturated rings. The summed E-state index contributed by atoms with van der Waals surface area (Å²) in [7, 11) is 1.37. The van der Waals surface area contributed by atoms with Gasteiger partial charge in [-0.05, 0) is 205 Å². The summed E-state index contributed by atoms with van der Waals surface area (Å²) in [5.74, 6) is -0.647. The molecular weight excluding hydrogens is 759 g/mol. The van der Waals surface area contributed by atoms with Crippen molar-refractivity contribution in [2.45, 2.75) is 205 Å². The molecule has 0 amide bonds. The van der Waals surface area contributed by atoms with Crippen molar-refractivity contribution in [3.05, 3.63) is 139 Å². The Balaban J connectivity index is 2.29. The Morgan fingerprint density at radius 3 is 0.887 bits per heavy atom. The minimum absolute atomic E-state index is 0.0414. The van der Waals surface area contributed by atoms with Gasteiger partial charge < -0.3 is 10.5 Å². The predicted octanol–water partition coefficient (Wildman–Crippen LogP) is 17.2. The van der Waals surface area contributed by atoms with E-state index in [4.69, 9.17) is 10.5 Å². The van der Waals surface area contributed by atoms with Crippen LogP contribution in [0.1, 0.15) is 205 Å². The number of ether oxygens (including phenoxy) is 1. The average molecular weight is 848 g/mol. The molecule has 0 aromatic heterocycles. The second-order valence-corrected chi connectivity index (χ2v) is 18.5. The first-order chi connectivity index (χ1) is 29.4. The third kappa shape index (κ3) is 25.7. The van der Waals surface area contributed by atoms with Gasteiger partial charge >= 0.3 is 0 Å². The van der Waals surface area contributed by atoms with E-state index >= 15 is 0 Å². The molecule has 4 nitrogen and oxygen atoms in total. The third-order valence-electron chi connectivity index (χ3n) is 12.0. The van der Waals surface area contributed by atoms with E-state index in [-0.39, 0.29) is 23.0 Å². The van der Waals surface area contributed by atoms with Gasteiger partial charge in [0.1, 0.15) is 5.70 Å². The summed E-state index contributed by atoms with van der Waals surface area (Å²) in [6.07, 6.45) is 44.2. The Kier molecular flexibility index (Phi) is 29.3. The highest BCUT2D eigenvalue weighted by atomic mass is 16.5. The maximum Gasteiger partial charge on any atom is 0.226 e. The predicted molar refractivity (Wildman–Crippen MR) is 272 cm³/mol. The second kappa shape index (κ2) is 32.5. The van der Waals surface area contributed by atoms with Gasteiger partial charge in [-0.1, -0.05) is 116 Å². The molecule has 0 saturated heterocycles. The fourth-order valence-electron chi connectivity index (χ4n) is 7.47. The highest BCUT2D eigenvalue weighted by Gasteiger charge is 2.31. The molecule has 2 N–H and O–H groups in total. The molecule has 0 unspecified atom stereocenters. The van der Waals surface area contributed by atoms with Crippen LogP contribution in [0.15, 0.2) is 139 Å². The molecular formula is C58H89NO3. The monoisotopic (exact) mass is 848 g/mol. The van der Waals surface area contributed by atoms with Crippen LogP contribution >= 0.6 is 0 Å². The topological polar surface area (TPSA) is 69.4 Å². The maximum atomic E-state index is 12.7. The van der Waals surface area contributed by atoms with Crippen molar-refractivity contribution in [3.63, 3.8) is 0 Å². The summed E-state index contributed by atoms with van der Waals surface area (Å²) in [4.78, 5) is 25.2. The van der Waals surface area contributed by atoms with Crippen molar-refractivity contribution in [2.75, 3.05) is 7.11 Å². The van der Waals surface area contributed by atoms with Crippen LogP contribution in [0.25, 0.3) is 0 Å². The maximum absolute atomic E-state index is 12.7. The van der Waals surface area contributed by atoms with E-state index in [0.717, 1.165) is 96.3 Å². The highest BCUT2D eigenvalue weighted by Crippen LogP contribution is 2.26. The Morgan fingerprint density at radius 2 is 0.645 bits per heavy atom. The molecule has 62 heavy (non-hydrogen) atoms. The van der Waals surface area contributed by atoms with Gasteiger partial charge in [0.05, 0.1) is 7.11 Å². The Bertz CT molecular complexity index is 1830. The molecule has 0 atom stereocenters. The van der Waals surface area contributed by atoms with Gasteiger partial charge in [-0.3, -0.25) is 9.59 Å². The van der Waals surface area contributed by atoms with Gasteiger partial charge in [0.2, 0.25) is 11.6 Å². The zero-order valence-corrected chi connectivity index (χ0v) is 42.0. The van der Waals surface area contributed by atoms with Crippen LogP contribution in [-0.2, 0) is 14.3 Å². The van der Waals surface area contributed by atoms with Gasteiger partial charge in [-0.15, -0.1) is 0 Å². The number of hydrogen-bond acceptors (Lipinski definition) is 4. The van der Waals surface area contributed by atoms with E-state index in [9.17, 15) is 9.59 Å². The van der Waals surface area contributed by atoms with Crippen LogP contribution in [-0.4, -0.2) is 18.7 Å². The van der Waals surface area contributed by atoms with Crippen molar-refractivity contribution < 1.29 is 14.3 Å². The van der Waals surface area contributed by atoms with Crippen LogP contribution in [0.4, 0.5) is 0 Å². The quantitative estimate of drug-likeness (QED) is 0.0577. The molecule has 1 aliphatic carbocycles. The van der Waals surface area contributed by atoms with Gasteiger partial charge in [-0.2, -0.15) is 0 Å². The van der Waals surface area contributed by atoms with E-state index in [1.807, 2.05) is 6.08 Å². The van der Waals surface area contributed by atoms with Crippen LogP contribution in [0.5, 0.6) is 0 Å². The molecule has 0 aromatic carbocycles. The summed E-state index contributed by atoms with van der Waals surface area (Å²) >= 11 is 0. The molecule has 1 aliphatic rings.